The van der Waals surface area contributed by atoms with Crippen LogP contribution in [0.1, 0.15) is 18.4 Å². The summed E-state index contributed by atoms with van der Waals surface area (Å²) in [6.45, 7) is 0.375. The van der Waals surface area contributed by atoms with Crippen molar-refractivity contribution in [1.29, 1.82) is 0 Å². The maximum atomic E-state index is 13.3. The van der Waals surface area contributed by atoms with E-state index in [-0.39, 0.29) is 42.7 Å². The largest absolute Gasteiger partial charge is 0.494 e. The van der Waals surface area contributed by atoms with E-state index in [0.717, 1.165) is 0 Å². The first kappa shape index (κ1) is 27.6. The second-order valence-corrected chi connectivity index (χ2v) is 10.3. The number of amides is 1. The van der Waals surface area contributed by atoms with Crippen LogP contribution in [-0.2, 0) is 28.8 Å². The lowest BCUT2D eigenvalue weighted by atomic mass is 9.97. The third-order valence-electron chi connectivity index (χ3n) is 5.70. The Kier molecular flexibility index (Phi) is 9.82. The van der Waals surface area contributed by atoms with Gasteiger partial charge in [-0.15, -0.1) is 0 Å². The number of rotatable bonds is 14. The zero-order valence-corrected chi connectivity index (χ0v) is 21.2. The van der Waals surface area contributed by atoms with Crippen LogP contribution >= 0.6 is 0 Å². The summed E-state index contributed by atoms with van der Waals surface area (Å²) in [4.78, 5) is 18.1. The van der Waals surface area contributed by atoms with Gasteiger partial charge in [0.15, 0.2) is 21.7 Å². The van der Waals surface area contributed by atoms with E-state index in [2.05, 4.69) is 10.3 Å². The normalized spacial score (nSPS) is 17.5. The number of ether oxygens (including phenoxy) is 4. The lowest BCUT2D eigenvalue weighted by Crippen LogP contribution is -2.50. The number of benzene rings is 2. The van der Waals surface area contributed by atoms with Crippen molar-refractivity contribution >= 4 is 21.6 Å². The van der Waals surface area contributed by atoms with Crippen molar-refractivity contribution in [2.24, 2.45) is 4.99 Å². The highest BCUT2D eigenvalue weighted by Gasteiger charge is 2.45. The van der Waals surface area contributed by atoms with Crippen molar-refractivity contribution in [3.8, 4) is 5.75 Å². The molecule has 2 aromatic rings. The molecule has 36 heavy (non-hydrogen) atoms. The summed E-state index contributed by atoms with van der Waals surface area (Å²) in [6.07, 6.45) is -0.219. The Balaban J connectivity index is 1.82. The monoisotopic (exact) mass is 520 g/mol. The highest BCUT2D eigenvalue weighted by atomic mass is 32.2. The molecule has 196 valence electrons. The van der Waals surface area contributed by atoms with Crippen LogP contribution in [0, 0.1) is 0 Å². The number of carbonyl (C=O) groups excluding carboxylic acids is 1. The molecule has 0 saturated heterocycles. The second-order valence-electron chi connectivity index (χ2n) is 8.18. The fourth-order valence-electron chi connectivity index (χ4n) is 3.55. The van der Waals surface area contributed by atoms with Crippen LogP contribution in [-0.4, -0.2) is 83.5 Å². The number of sulfone groups is 1. The number of hydrogen-bond donors (Lipinski definition) is 2. The summed E-state index contributed by atoms with van der Waals surface area (Å²) in [5.41, 5.74) is -0.823. The molecule has 1 amide bonds. The second kappa shape index (κ2) is 12.8. The highest BCUT2D eigenvalue weighted by molar-refractivity contribution is 7.91. The molecule has 1 heterocycles. The Morgan fingerprint density at radius 1 is 1.14 bits per heavy atom. The van der Waals surface area contributed by atoms with Gasteiger partial charge in [0.1, 0.15) is 12.4 Å². The summed E-state index contributed by atoms with van der Waals surface area (Å²) in [5.74, 6) is 0.0807. The van der Waals surface area contributed by atoms with Crippen molar-refractivity contribution < 1.29 is 37.3 Å². The van der Waals surface area contributed by atoms with Gasteiger partial charge >= 0.3 is 0 Å². The summed E-state index contributed by atoms with van der Waals surface area (Å²) >= 11 is 0. The Morgan fingerprint density at radius 2 is 1.83 bits per heavy atom. The van der Waals surface area contributed by atoms with E-state index in [1.807, 2.05) is 0 Å². The van der Waals surface area contributed by atoms with Crippen LogP contribution in [0.2, 0.25) is 0 Å². The van der Waals surface area contributed by atoms with Gasteiger partial charge in [0.25, 0.3) is 5.91 Å². The predicted molar refractivity (Wildman–Crippen MR) is 133 cm³/mol. The molecular formula is C25H32N2O8S. The topological polar surface area (TPSA) is 133 Å². The van der Waals surface area contributed by atoms with E-state index < -0.39 is 27.6 Å². The molecule has 1 aliphatic heterocycles. The fourth-order valence-corrected chi connectivity index (χ4v) is 4.97. The number of nitrogens with one attached hydrogen (secondary N) is 1. The van der Waals surface area contributed by atoms with E-state index in [0.29, 0.717) is 24.3 Å². The van der Waals surface area contributed by atoms with Crippen molar-refractivity contribution in [3.63, 3.8) is 0 Å². The summed E-state index contributed by atoms with van der Waals surface area (Å²) in [5, 5.41) is 11.6. The Bertz CT molecular complexity index is 1120. The zero-order chi connectivity index (χ0) is 26.0. The van der Waals surface area contributed by atoms with Crippen LogP contribution in [0.25, 0.3) is 0 Å². The molecule has 0 spiro atoms. The SMILES string of the molecule is COC(CNC(=O)[C@@]1(CCS(=O)(=O)c2ccccc2)COC(c2ccc(OCCCO)cc2)=N1)OC. The molecule has 0 fully saturated rings. The molecule has 1 aliphatic rings. The summed E-state index contributed by atoms with van der Waals surface area (Å²) < 4.78 is 47.4. The van der Waals surface area contributed by atoms with Crippen LogP contribution in [0.15, 0.2) is 64.5 Å². The third kappa shape index (κ3) is 7.03. The predicted octanol–water partition coefficient (Wildman–Crippen LogP) is 1.56. The summed E-state index contributed by atoms with van der Waals surface area (Å²) in [6, 6.07) is 15.0. The third-order valence-corrected chi connectivity index (χ3v) is 7.43. The van der Waals surface area contributed by atoms with Gasteiger partial charge in [-0.25, -0.2) is 13.4 Å². The smallest absolute Gasteiger partial charge is 0.251 e. The molecule has 2 aromatic carbocycles. The van der Waals surface area contributed by atoms with Crippen LogP contribution in [0.3, 0.4) is 0 Å². The van der Waals surface area contributed by atoms with Gasteiger partial charge in [-0.2, -0.15) is 0 Å². The van der Waals surface area contributed by atoms with Crippen molar-refractivity contribution in [2.45, 2.75) is 29.6 Å². The quantitative estimate of drug-likeness (QED) is 0.283. The van der Waals surface area contributed by atoms with Crippen LogP contribution in [0.4, 0.5) is 0 Å². The van der Waals surface area contributed by atoms with Gasteiger partial charge in [0, 0.05) is 32.8 Å². The molecule has 0 unspecified atom stereocenters. The maximum absolute atomic E-state index is 13.3. The first-order valence-corrected chi connectivity index (χ1v) is 13.2. The molecule has 0 radical (unpaired) electrons. The number of aliphatic imine (C=N–C) groups is 1. The Morgan fingerprint density at radius 3 is 2.47 bits per heavy atom. The molecular weight excluding hydrogens is 488 g/mol. The van der Waals surface area contributed by atoms with Gasteiger partial charge in [0.2, 0.25) is 5.90 Å². The maximum Gasteiger partial charge on any atom is 0.251 e. The minimum atomic E-state index is -3.65. The van der Waals surface area contributed by atoms with Gasteiger partial charge in [-0.1, -0.05) is 18.2 Å². The zero-order valence-electron chi connectivity index (χ0n) is 20.4. The average molecular weight is 521 g/mol. The van der Waals surface area contributed by atoms with E-state index in [4.69, 9.17) is 24.1 Å². The first-order chi connectivity index (χ1) is 17.3. The molecule has 0 aromatic heterocycles. The van der Waals surface area contributed by atoms with Gasteiger partial charge < -0.3 is 29.4 Å². The number of carbonyl (C=O) groups is 1. The standard InChI is InChI=1S/C25H32N2O8S/c1-32-22(33-2)17-26-24(29)25(13-16-36(30,31)21-7-4-3-5-8-21)18-35-23(27-25)19-9-11-20(12-10-19)34-15-6-14-28/h3-5,7-12,22,28H,6,13-18H2,1-2H3,(H,26,29)/t25-/m1/s1. The molecule has 0 saturated carbocycles. The minimum absolute atomic E-state index is 0.0440. The molecule has 3 rings (SSSR count). The van der Waals surface area contributed by atoms with Gasteiger partial charge in [-0.05, 0) is 42.8 Å². The molecule has 0 aliphatic carbocycles. The Labute approximate surface area is 211 Å². The van der Waals surface area contributed by atoms with Gasteiger partial charge in [-0.3, -0.25) is 4.79 Å². The lowest BCUT2D eigenvalue weighted by molar-refractivity contribution is -0.132. The molecule has 0 bridgehead atoms. The average Bonchev–Trinajstić information content (AvgIpc) is 3.35. The van der Waals surface area contributed by atoms with Crippen molar-refractivity contribution in [2.75, 3.05) is 46.3 Å². The molecule has 11 heteroatoms. The van der Waals surface area contributed by atoms with E-state index >= 15 is 0 Å². The highest BCUT2D eigenvalue weighted by Crippen LogP contribution is 2.28. The van der Waals surface area contributed by atoms with Crippen LogP contribution in [0.5, 0.6) is 5.75 Å². The van der Waals surface area contributed by atoms with E-state index in [9.17, 15) is 13.2 Å². The van der Waals surface area contributed by atoms with Crippen LogP contribution < -0.4 is 10.1 Å². The Hall–Kier alpha value is -2.99. The number of aliphatic hydroxyl groups is 1. The lowest BCUT2D eigenvalue weighted by Gasteiger charge is -2.24. The number of methoxy groups -OCH3 is 2. The van der Waals surface area contributed by atoms with E-state index in [1.165, 1.54) is 26.4 Å². The van der Waals surface area contributed by atoms with Gasteiger partial charge in [0.05, 0.1) is 23.8 Å². The van der Waals surface area contributed by atoms with E-state index in [1.54, 1.807) is 42.5 Å². The molecule has 2 N–H and O–H groups in total. The number of hydrogen-bond acceptors (Lipinski definition) is 9. The number of aliphatic hydroxyl groups excluding tert-OH is 1. The number of nitrogens with zero attached hydrogens (tertiary/aromatic N) is 1. The van der Waals surface area contributed by atoms with Crippen molar-refractivity contribution in [3.05, 3.63) is 60.2 Å². The van der Waals surface area contributed by atoms with Crippen molar-refractivity contribution in [1.82, 2.24) is 5.32 Å². The molecule has 1 atom stereocenters. The first-order valence-electron chi connectivity index (χ1n) is 11.5. The minimum Gasteiger partial charge on any atom is -0.494 e. The summed E-state index contributed by atoms with van der Waals surface area (Å²) in [7, 11) is -0.741. The fraction of sp³-hybridized carbons (Fsp3) is 0.440. The molecule has 10 nitrogen and oxygen atoms in total.